The van der Waals surface area contributed by atoms with Crippen LogP contribution in [0.25, 0.3) is 0 Å². The van der Waals surface area contributed by atoms with E-state index < -0.39 is 34.0 Å². The molecule has 0 aromatic heterocycles. The van der Waals surface area contributed by atoms with Crippen molar-refractivity contribution in [3.63, 3.8) is 0 Å². The first-order valence-electron chi connectivity index (χ1n) is 10.1. The van der Waals surface area contributed by atoms with Gasteiger partial charge >= 0.3 is 24.1 Å². The Balaban J connectivity index is 1.53. The zero-order chi connectivity index (χ0) is 27.7. The third kappa shape index (κ3) is 7.22. The van der Waals surface area contributed by atoms with Crippen LogP contribution in [0.4, 0.5) is 21.0 Å². The van der Waals surface area contributed by atoms with Gasteiger partial charge in [-0.3, -0.25) is 20.2 Å². The quantitative estimate of drug-likeness (QED) is 0.350. The van der Waals surface area contributed by atoms with Crippen molar-refractivity contribution in [1.29, 1.82) is 0 Å². The zero-order valence-corrected chi connectivity index (χ0v) is 18.7. The summed E-state index contributed by atoms with van der Waals surface area (Å²) in [6, 6.07) is 14.0. The minimum atomic E-state index is -1.25. The highest BCUT2D eigenvalue weighted by Crippen LogP contribution is 2.18. The number of nitro groups is 2. The van der Waals surface area contributed by atoms with E-state index in [4.69, 9.17) is 9.47 Å². The average Bonchev–Trinajstić information content (AvgIpc) is 2.91. The van der Waals surface area contributed by atoms with Crippen LogP contribution >= 0.6 is 0 Å². The van der Waals surface area contributed by atoms with E-state index in [2.05, 4.69) is 9.68 Å². The lowest BCUT2D eigenvalue weighted by atomic mass is 10.1. The van der Waals surface area contributed by atoms with E-state index in [1.54, 1.807) is 11.0 Å². The maximum absolute atomic E-state index is 12.4. The molecule has 0 aliphatic heterocycles. The second kappa shape index (κ2) is 12.1. The van der Waals surface area contributed by atoms with Crippen LogP contribution in [0.1, 0.15) is 20.7 Å². The third-order valence-electron chi connectivity index (χ3n) is 4.34. The summed E-state index contributed by atoms with van der Waals surface area (Å²) in [7, 11) is 0. The van der Waals surface area contributed by atoms with Crippen molar-refractivity contribution in [1.82, 2.24) is 11.0 Å². The van der Waals surface area contributed by atoms with E-state index >= 15 is 0 Å². The molecule has 16 nitrogen and oxygen atoms in total. The Morgan fingerprint density at radius 2 is 0.921 bits per heavy atom. The molecule has 0 fully saturated rings. The summed E-state index contributed by atoms with van der Waals surface area (Å²) < 4.78 is 9.62. The Morgan fingerprint density at radius 1 is 0.579 bits per heavy atom. The van der Waals surface area contributed by atoms with Crippen LogP contribution in [0.3, 0.4) is 0 Å². The van der Waals surface area contributed by atoms with Crippen molar-refractivity contribution >= 4 is 35.5 Å². The van der Waals surface area contributed by atoms with Crippen LogP contribution < -0.4 is 20.4 Å². The van der Waals surface area contributed by atoms with E-state index in [9.17, 15) is 39.4 Å². The molecule has 0 saturated heterocycles. The Kier molecular flexibility index (Phi) is 8.43. The highest BCUT2D eigenvalue weighted by molar-refractivity contribution is 6.03. The Hall–Kier alpha value is -6.06. The van der Waals surface area contributed by atoms with Gasteiger partial charge in [0.2, 0.25) is 0 Å². The number of hydrogen-bond donors (Lipinski definition) is 2. The summed E-state index contributed by atoms with van der Waals surface area (Å²) in [4.78, 5) is 77.6. The summed E-state index contributed by atoms with van der Waals surface area (Å²) in [5.74, 6) is -2.57. The summed E-state index contributed by atoms with van der Waals surface area (Å²) in [5, 5.41) is 21.3. The molecule has 0 aliphatic carbocycles. The number of nitro benzene ring substituents is 2. The minimum absolute atomic E-state index is 0.0835. The molecule has 0 heterocycles. The summed E-state index contributed by atoms with van der Waals surface area (Å²) in [6.45, 7) is 0. The molecule has 2 amide bonds. The predicted molar refractivity (Wildman–Crippen MR) is 122 cm³/mol. The van der Waals surface area contributed by atoms with Gasteiger partial charge in [-0.25, -0.2) is 19.2 Å². The number of carbonyl (C=O) groups is 4. The lowest BCUT2D eigenvalue weighted by Gasteiger charge is -2.10. The van der Waals surface area contributed by atoms with Gasteiger partial charge in [0.25, 0.3) is 11.4 Å². The van der Waals surface area contributed by atoms with Crippen LogP contribution in [-0.2, 0) is 9.68 Å². The van der Waals surface area contributed by atoms with Crippen molar-refractivity contribution in [2.24, 2.45) is 0 Å². The van der Waals surface area contributed by atoms with E-state index in [1.165, 1.54) is 12.1 Å². The second-order valence-electron chi connectivity index (χ2n) is 6.81. The van der Waals surface area contributed by atoms with Gasteiger partial charge in [0, 0.05) is 24.3 Å². The number of amides is 2. The Labute approximate surface area is 210 Å². The van der Waals surface area contributed by atoms with E-state index in [-0.39, 0.29) is 34.0 Å². The van der Waals surface area contributed by atoms with Crippen LogP contribution in [-0.4, -0.2) is 34.0 Å². The summed E-state index contributed by atoms with van der Waals surface area (Å²) >= 11 is 0. The molecule has 0 atom stereocenters. The van der Waals surface area contributed by atoms with Crippen molar-refractivity contribution in [3.05, 3.63) is 104 Å². The fraction of sp³-hybridized carbons (Fsp3) is 0. The van der Waals surface area contributed by atoms with Gasteiger partial charge in [0.05, 0.1) is 21.0 Å². The Morgan fingerprint density at radius 3 is 1.24 bits per heavy atom. The predicted octanol–water partition coefficient (Wildman–Crippen LogP) is 3.22. The van der Waals surface area contributed by atoms with Gasteiger partial charge in [-0.2, -0.15) is 0 Å². The van der Waals surface area contributed by atoms with E-state index in [0.717, 1.165) is 60.7 Å². The number of hydrogen-bond acceptors (Lipinski definition) is 12. The van der Waals surface area contributed by atoms with Crippen molar-refractivity contribution < 1.29 is 48.2 Å². The number of nitrogens with one attached hydrogen (secondary N) is 2. The number of rotatable bonds is 6. The number of benzene rings is 3. The third-order valence-corrected chi connectivity index (χ3v) is 4.34. The molecule has 16 heteroatoms. The number of ether oxygens (including phenoxy) is 2. The van der Waals surface area contributed by atoms with Gasteiger partial charge in [0.1, 0.15) is 11.5 Å². The van der Waals surface area contributed by atoms with Gasteiger partial charge in [0.15, 0.2) is 0 Å². The topological polar surface area (TPSA) is 216 Å². The van der Waals surface area contributed by atoms with Crippen LogP contribution in [0.5, 0.6) is 11.5 Å². The fourth-order valence-electron chi connectivity index (χ4n) is 2.65. The molecule has 0 aliphatic rings. The summed E-state index contributed by atoms with van der Waals surface area (Å²) in [6.07, 6.45) is -2.49. The minimum Gasteiger partial charge on any atom is -0.408 e. The molecule has 0 unspecified atom stereocenters. The van der Waals surface area contributed by atoms with Crippen molar-refractivity contribution in [2.75, 3.05) is 0 Å². The smallest absolute Gasteiger partial charge is 0.408 e. The lowest BCUT2D eigenvalue weighted by Crippen LogP contribution is -2.32. The van der Waals surface area contributed by atoms with E-state index in [0.29, 0.717) is 0 Å². The normalized spacial score (nSPS) is 9.89. The monoisotopic (exact) mass is 526 g/mol. The lowest BCUT2D eigenvalue weighted by molar-refractivity contribution is -0.385. The first-order valence-corrected chi connectivity index (χ1v) is 10.1. The van der Waals surface area contributed by atoms with Crippen LogP contribution in [0, 0.1) is 20.2 Å². The van der Waals surface area contributed by atoms with Gasteiger partial charge in [-0.1, -0.05) is 12.1 Å². The largest absolute Gasteiger partial charge is 0.446 e. The number of carbonyl (C=O) groups excluding carboxylic acids is 4. The van der Waals surface area contributed by atoms with Crippen LogP contribution in [0.15, 0.2) is 72.8 Å². The molecular formula is C22H14N4O12. The Bertz CT molecular complexity index is 1280. The average molecular weight is 526 g/mol. The molecule has 0 bridgehead atoms. The number of nitrogens with zero attached hydrogens (tertiary/aromatic N) is 2. The first-order chi connectivity index (χ1) is 18.1. The SMILES string of the molecule is O=C(NOC(=O)c1ccccc1C(=O)ONC(=O)Oc1ccc([N+](=O)[O-])cc1)Oc1ccc([N+](=O)[O-])cc1. The van der Waals surface area contributed by atoms with E-state index in [1.807, 2.05) is 0 Å². The highest BCUT2D eigenvalue weighted by Gasteiger charge is 2.22. The van der Waals surface area contributed by atoms with Crippen LogP contribution in [0.2, 0.25) is 0 Å². The fourth-order valence-corrected chi connectivity index (χ4v) is 2.65. The van der Waals surface area contributed by atoms with Crippen molar-refractivity contribution in [2.45, 2.75) is 0 Å². The molecule has 2 N–H and O–H groups in total. The summed E-state index contributed by atoms with van der Waals surface area (Å²) in [5.41, 5.74) is 2.19. The van der Waals surface area contributed by atoms with Crippen molar-refractivity contribution in [3.8, 4) is 11.5 Å². The van der Waals surface area contributed by atoms with Gasteiger partial charge < -0.3 is 19.1 Å². The first kappa shape index (κ1) is 26.5. The maximum Gasteiger partial charge on any atom is 0.446 e. The molecule has 3 aromatic rings. The molecule has 194 valence electrons. The zero-order valence-electron chi connectivity index (χ0n) is 18.7. The van der Waals surface area contributed by atoms with Gasteiger partial charge in [-0.15, -0.1) is 11.0 Å². The molecule has 3 rings (SSSR count). The van der Waals surface area contributed by atoms with Gasteiger partial charge in [-0.05, 0) is 36.4 Å². The maximum atomic E-state index is 12.4. The molecule has 0 saturated carbocycles. The number of hydroxylamine groups is 2. The second-order valence-corrected chi connectivity index (χ2v) is 6.81. The highest BCUT2D eigenvalue weighted by atomic mass is 16.7. The molecule has 0 radical (unpaired) electrons. The molecule has 38 heavy (non-hydrogen) atoms. The molecule has 3 aromatic carbocycles. The number of non-ortho nitro benzene ring substituents is 2. The standard InChI is InChI=1S/C22H14N4O12/c27-19(37-23-21(29)35-15-9-5-13(6-10-15)25(31)32)17-3-1-2-4-18(17)20(28)38-24-22(30)36-16-11-7-14(8-12-16)26(33)34/h1-12H,(H,23,29)(H,24,30). The molecule has 0 spiro atoms. The molecular weight excluding hydrogens is 512 g/mol.